The van der Waals surface area contributed by atoms with Gasteiger partial charge < -0.3 is 5.32 Å². The number of benzene rings is 2. The Morgan fingerprint density at radius 1 is 1.10 bits per heavy atom. The smallest absolute Gasteiger partial charge is 0.228 e. The molecule has 1 atom stereocenters. The van der Waals surface area contributed by atoms with E-state index in [4.69, 9.17) is 11.6 Å². The molecule has 1 N–H and O–H groups in total. The van der Waals surface area contributed by atoms with E-state index in [0.717, 1.165) is 36.9 Å². The van der Waals surface area contributed by atoms with Crippen molar-refractivity contribution >= 4 is 34.1 Å². The zero-order valence-corrected chi connectivity index (χ0v) is 17.8. The van der Waals surface area contributed by atoms with Gasteiger partial charge in [-0.1, -0.05) is 35.9 Å². The van der Waals surface area contributed by atoms with E-state index in [1.807, 2.05) is 30.5 Å². The number of aromatic nitrogens is 1. The van der Waals surface area contributed by atoms with Crippen LogP contribution in [0, 0.1) is 11.8 Å². The molecule has 0 spiro atoms. The van der Waals surface area contributed by atoms with Gasteiger partial charge >= 0.3 is 0 Å². The van der Waals surface area contributed by atoms with Gasteiger partial charge in [-0.25, -0.2) is 0 Å². The monoisotopic (exact) mass is 418 g/mol. The van der Waals surface area contributed by atoms with Crippen LogP contribution in [0.1, 0.15) is 43.6 Å². The zero-order valence-electron chi connectivity index (χ0n) is 17.1. The van der Waals surface area contributed by atoms with Crippen LogP contribution in [0.5, 0.6) is 0 Å². The highest BCUT2D eigenvalue weighted by molar-refractivity contribution is 6.30. The number of anilines is 1. The summed E-state index contributed by atoms with van der Waals surface area (Å²) in [4.78, 5) is 17.5. The van der Waals surface area contributed by atoms with Gasteiger partial charge in [0.25, 0.3) is 0 Å². The SMILES string of the molecule is C=CCC(C(=O)Nc1ccc(Cl)cc1)[C@H]1CC[C@@H](c2ccnc3ccccc32)CC1. The van der Waals surface area contributed by atoms with Gasteiger partial charge in [0.15, 0.2) is 0 Å². The standard InChI is InChI=1S/C26H27ClN2O/c1-2-5-23(26(30)29-21-14-12-20(27)13-15-21)19-10-8-18(9-11-19)22-16-17-28-25-7-4-3-6-24(22)25/h2-4,6-7,12-19,23H,1,5,8-11H2,(H,29,30)/t18-,19+,23?. The van der Waals surface area contributed by atoms with Crippen molar-refractivity contribution in [3.63, 3.8) is 0 Å². The third-order valence-corrected chi connectivity index (χ3v) is 6.58. The second-order valence-electron chi connectivity index (χ2n) is 8.16. The molecule has 1 fully saturated rings. The number of hydrogen-bond acceptors (Lipinski definition) is 2. The Kier molecular flexibility index (Phi) is 6.49. The number of amides is 1. The molecular weight excluding hydrogens is 392 g/mol. The molecule has 1 aliphatic rings. The van der Waals surface area contributed by atoms with Crippen LogP contribution < -0.4 is 5.32 Å². The molecule has 3 aromatic rings. The first kappa shape index (κ1) is 20.6. The number of carbonyl (C=O) groups is 1. The minimum atomic E-state index is -0.0479. The van der Waals surface area contributed by atoms with E-state index < -0.39 is 0 Å². The second kappa shape index (κ2) is 9.44. The van der Waals surface area contributed by atoms with Crippen molar-refractivity contribution < 1.29 is 4.79 Å². The van der Waals surface area contributed by atoms with Crippen LogP contribution in [-0.4, -0.2) is 10.9 Å². The maximum atomic E-state index is 13.0. The summed E-state index contributed by atoms with van der Waals surface area (Å²) in [6, 6.07) is 17.8. The Morgan fingerprint density at radius 3 is 2.57 bits per heavy atom. The highest BCUT2D eigenvalue weighted by atomic mass is 35.5. The zero-order chi connectivity index (χ0) is 20.9. The Morgan fingerprint density at radius 2 is 1.83 bits per heavy atom. The largest absolute Gasteiger partial charge is 0.326 e. The van der Waals surface area contributed by atoms with Gasteiger partial charge in [0.05, 0.1) is 5.52 Å². The van der Waals surface area contributed by atoms with E-state index in [0.29, 0.717) is 23.3 Å². The van der Waals surface area contributed by atoms with E-state index in [1.165, 1.54) is 10.9 Å². The average Bonchev–Trinajstić information content (AvgIpc) is 2.79. The van der Waals surface area contributed by atoms with Crippen LogP contribution in [-0.2, 0) is 4.79 Å². The second-order valence-corrected chi connectivity index (χ2v) is 8.59. The number of nitrogens with zero attached hydrogens (tertiary/aromatic N) is 1. The molecule has 0 aliphatic heterocycles. The molecule has 1 heterocycles. The van der Waals surface area contributed by atoms with Gasteiger partial charge in [0.1, 0.15) is 0 Å². The summed E-state index contributed by atoms with van der Waals surface area (Å²) < 4.78 is 0. The molecule has 4 heteroatoms. The quantitative estimate of drug-likeness (QED) is 0.438. The van der Waals surface area contributed by atoms with E-state index in [2.05, 4.69) is 41.1 Å². The molecule has 1 aromatic heterocycles. The number of para-hydroxylation sites is 1. The van der Waals surface area contributed by atoms with E-state index in [-0.39, 0.29) is 11.8 Å². The van der Waals surface area contributed by atoms with Gasteiger partial charge in [-0.3, -0.25) is 9.78 Å². The molecule has 0 radical (unpaired) electrons. The van der Waals surface area contributed by atoms with Crippen molar-refractivity contribution in [2.75, 3.05) is 5.32 Å². The van der Waals surface area contributed by atoms with Crippen molar-refractivity contribution in [1.82, 2.24) is 4.98 Å². The average molecular weight is 419 g/mol. The van der Waals surface area contributed by atoms with Crippen LogP contribution in [0.25, 0.3) is 10.9 Å². The van der Waals surface area contributed by atoms with Crippen molar-refractivity contribution in [3.05, 3.63) is 84.0 Å². The Hall–Kier alpha value is -2.65. The van der Waals surface area contributed by atoms with Gasteiger partial charge in [-0.05, 0) is 85.9 Å². The molecule has 1 unspecified atom stereocenters. The number of rotatable bonds is 6. The molecule has 1 aliphatic carbocycles. The van der Waals surface area contributed by atoms with Crippen molar-refractivity contribution in [2.24, 2.45) is 11.8 Å². The fourth-order valence-corrected chi connectivity index (χ4v) is 4.89. The van der Waals surface area contributed by atoms with Crippen LogP contribution >= 0.6 is 11.6 Å². The van der Waals surface area contributed by atoms with Gasteiger partial charge in [-0.15, -0.1) is 6.58 Å². The number of hydrogen-bond donors (Lipinski definition) is 1. The maximum Gasteiger partial charge on any atom is 0.228 e. The number of fused-ring (bicyclic) bond motifs is 1. The lowest BCUT2D eigenvalue weighted by Crippen LogP contribution is -2.31. The topological polar surface area (TPSA) is 42.0 Å². The Balaban J connectivity index is 1.44. The molecule has 4 rings (SSSR count). The lowest BCUT2D eigenvalue weighted by molar-refractivity contribution is -0.121. The molecule has 0 saturated heterocycles. The predicted octanol–water partition coefficient (Wildman–Crippen LogP) is 6.99. The van der Waals surface area contributed by atoms with Crippen LogP contribution in [0.4, 0.5) is 5.69 Å². The fourth-order valence-electron chi connectivity index (χ4n) is 4.77. The van der Waals surface area contributed by atoms with Crippen LogP contribution in [0.2, 0.25) is 5.02 Å². The van der Waals surface area contributed by atoms with Gasteiger partial charge in [0.2, 0.25) is 5.91 Å². The predicted molar refractivity (Wildman–Crippen MR) is 125 cm³/mol. The fraction of sp³-hybridized carbons (Fsp3) is 0.308. The van der Waals surface area contributed by atoms with E-state index in [9.17, 15) is 4.79 Å². The number of halogens is 1. The highest BCUT2D eigenvalue weighted by Crippen LogP contribution is 2.41. The summed E-state index contributed by atoms with van der Waals surface area (Å²) in [6.45, 7) is 3.89. The van der Waals surface area contributed by atoms with Crippen LogP contribution in [0.3, 0.4) is 0 Å². The molecule has 3 nitrogen and oxygen atoms in total. The number of pyridine rings is 1. The van der Waals surface area contributed by atoms with Gasteiger partial charge in [-0.2, -0.15) is 0 Å². The molecule has 1 saturated carbocycles. The van der Waals surface area contributed by atoms with Gasteiger partial charge in [0, 0.05) is 28.2 Å². The van der Waals surface area contributed by atoms with Crippen molar-refractivity contribution in [2.45, 2.75) is 38.0 Å². The molecular formula is C26H27ClN2O. The molecule has 30 heavy (non-hydrogen) atoms. The molecule has 2 aromatic carbocycles. The van der Waals surface area contributed by atoms with E-state index in [1.54, 1.807) is 12.1 Å². The summed E-state index contributed by atoms with van der Waals surface area (Å²) in [5, 5.41) is 4.99. The maximum absolute atomic E-state index is 13.0. The molecule has 154 valence electrons. The highest BCUT2D eigenvalue weighted by Gasteiger charge is 2.32. The molecule has 0 bridgehead atoms. The van der Waals surface area contributed by atoms with Crippen molar-refractivity contribution in [3.8, 4) is 0 Å². The normalized spacial score (nSPS) is 19.9. The molecule has 1 amide bonds. The van der Waals surface area contributed by atoms with Crippen LogP contribution in [0.15, 0.2) is 73.4 Å². The summed E-state index contributed by atoms with van der Waals surface area (Å²) in [5.74, 6) is 0.931. The summed E-state index contributed by atoms with van der Waals surface area (Å²) in [7, 11) is 0. The minimum Gasteiger partial charge on any atom is -0.326 e. The Bertz CT molecular complexity index is 1020. The third-order valence-electron chi connectivity index (χ3n) is 6.33. The number of allylic oxidation sites excluding steroid dienone is 1. The Labute approximate surface area is 183 Å². The summed E-state index contributed by atoms with van der Waals surface area (Å²) in [6.07, 6.45) is 8.79. The van der Waals surface area contributed by atoms with E-state index >= 15 is 0 Å². The summed E-state index contributed by atoms with van der Waals surface area (Å²) >= 11 is 5.95. The first-order chi connectivity index (χ1) is 14.7. The minimum absolute atomic E-state index is 0.0479. The summed E-state index contributed by atoms with van der Waals surface area (Å²) in [5.41, 5.74) is 3.24. The van der Waals surface area contributed by atoms with Crippen molar-refractivity contribution in [1.29, 1.82) is 0 Å². The number of nitrogens with one attached hydrogen (secondary N) is 1. The lowest BCUT2D eigenvalue weighted by atomic mass is 9.72. The lowest BCUT2D eigenvalue weighted by Gasteiger charge is -2.33. The third kappa shape index (κ3) is 4.57. The number of carbonyl (C=O) groups excluding carboxylic acids is 1. The first-order valence-corrected chi connectivity index (χ1v) is 11.0. The first-order valence-electron chi connectivity index (χ1n) is 10.7.